The number of methoxy groups -OCH3 is 1. The normalized spacial score (nSPS) is 9.71. The van der Waals surface area contributed by atoms with Crippen molar-refractivity contribution in [3.8, 4) is 0 Å². The molecule has 0 atom stereocenters. The first-order valence-electron chi connectivity index (χ1n) is 5.34. The van der Waals surface area contributed by atoms with Gasteiger partial charge in [0.05, 0.1) is 12.7 Å². The monoisotopic (exact) mass is 236 g/mol. The maximum absolute atomic E-state index is 11.1. The zero-order chi connectivity index (χ0) is 12.7. The van der Waals surface area contributed by atoms with Gasteiger partial charge in [-0.3, -0.25) is 9.59 Å². The van der Waals surface area contributed by atoms with Crippen LogP contribution in [0.2, 0.25) is 0 Å². The molecule has 0 spiro atoms. The van der Waals surface area contributed by atoms with Crippen molar-refractivity contribution < 1.29 is 14.3 Å². The third kappa shape index (κ3) is 4.14. The van der Waals surface area contributed by atoms with Crippen molar-refractivity contribution in [2.45, 2.75) is 12.8 Å². The van der Waals surface area contributed by atoms with Crippen LogP contribution < -0.4 is 11.1 Å². The Morgan fingerprint density at radius 2 is 2.06 bits per heavy atom. The second-order valence-electron chi connectivity index (χ2n) is 3.52. The zero-order valence-electron chi connectivity index (χ0n) is 9.73. The van der Waals surface area contributed by atoms with Crippen molar-refractivity contribution in [1.82, 2.24) is 0 Å². The number of hydrogen-bond acceptors (Lipinski definition) is 4. The number of carbonyl (C=O) groups excluding carboxylic acids is 2. The first kappa shape index (κ1) is 13.0. The third-order valence-electron chi connectivity index (χ3n) is 2.29. The average Bonchev–Trinajstić information content (AvgIpc) is 2.34. The number of para-hydroxylation sites is 1. The van der Waals surface area contributed by atoms with Crippen LogP contribution in [-0.2, 0) is 9.53 Å². The molecule has 5 heteroatoms. The number of ether oxygens (including phenoxy) is 1. The summed E-state index contributed by atoms with van der Waals surface area (Å²) in [5, 5.41) is 3.07. The van der Waals surface area contributed by atoms with Crippen molar-refractivity contribution in [1.29, 1.82) is 0 Å². The lowest BCUT2D eigenvalue weighted by Gasteiger charge is -2.09. The molecule has 0 unspecified atom stereocenters. The predicted octanol–water partition coefficient (Wildman–Crippen LogP) is 1.15. The van der Waals surface area contributed by atoms with E-state index in [1.165, 1.54) is 7.11 Å². The Labute approximate surface area is 99.9 Å². The Morgan fingerprint density at radius 3 is 2.71 bits per heavy atom. The van der Waals surface area contributed by atoms with Crippen LogP contribution in [0.3, 0.4) is 0 Å². The molecule has 0 aliphatic carbocycles. The minimum absolute atomic E-state index is 0.241. The smallest absolute Gasteiger partial charge is 0.305 e. The molecule has 0 bridgehead atoms. The molecule has 1 amide bonds. The summed E-state index contributed by atoms with van der Waals surface area (Å²) in [4.78, 5) is 22.0. The fourth-order valence-corrected chi connectivity index (χ4v) is 1.41. The molecule has 0 radical (unpaired) electrons. The SMILES string of the molecule is COC(=O)CCCNc1ccccc1C(N)=O. The van der Waals surface area contributed by atoms with E-state index in [2.05, 4.69) is 10.1 Å². The molecule has 1 aromatic carbocycles. The predicted molar refractivity (Wildman–Crippen MR) is 64.7 cm³/mol. The number of primary amides is 1. The highest BCUT2D eigenvalue weighted by Crippen LogP contribution is 2.14. The fraction of sp³-hybridized carbons (Fsp3) is 0.333. The second kappa shape index (κ2) is 6.52. The molecule has 17 heavy (non-hydrogen) atoms. The minimum atomic E-state index is -0.471. The molecule has 0 aromatic heterocycles. The van der Waals surface area contributed by atoms with Crippen LogP contribution in [0.1, 0.15) is 23.2 Å². The largest absolute Gasteiger partial charge is 0.469 e. The van der Waals surface area contributed by atoms with E-state index in [1.54, 1.807) is 18.2 Å². The number of amides is 1. The lowest BCUT2D eigenvalue weighted by Crippen LogP contribution is -2.15. The summed E-state index contributed by atoms with van der Waals surface area (Å²) in [5.74, 6) is -0.712. The highest BCUT2D eigenvalue weighted by atomic mass is 16.5. The second-order valence-corrected chi connectivity index (χ2v) is 3.52. The van der Waals surface area contributed by atoms with Crippen LogP contribution in [0.15, 0.2) is 24.3 Å². The van der Waals surface area contributed by atoms with Crippen molar-refractivity contribution in [3.63, 3.8) is 0 Å². The summed E-state index contributed by atoms with van der Waals surface area (Å²) in [5.41, 5.74) is 6.37. The number of anilines is 1. The van der Waals surface area contributed by atoms with Gasteiger partial charge in [0.2, 0.25) is 0 Å². The van der Waals surface area contributed by atoms with Crippen molar-refractivity contribution in [2.24, 2.45) is 5.73 Å². The number of esters is 1. The van der Waals surface area contributed by atoms with Crippen molar-refractivity contribution in [3.05, 3.63) is 29.8 Å². The van der Waals surface area contributed by atoms with Gasteiger partial charge in [0.15, 0.2) is 0 Å². The van der Waals surface area contributed by atoms with Crippen LogP contribution in [0, 0.1) is 0 Å². The Hall–Kier alpha value is -2.04. The van der Waals surface area contributed by atoms with Gasteiger partial charge in [-0.25, -0.2) is 0 Å². The number of rotatable bonds is 6. The van der Waals surface area contributed by atoms with Gasteiger partial charge in [-0.1, -0.05) is 12.1 Å². The van der Waals surface area contributed by atoms with E-state index in [1.807, 2.05) is 6.07 Å². The van der Waals surface area contributed by atoms with Gasteiger partial charge in [-0.2, -0.15) is 0 Å². The Balaban J connectivity index is 2.46. The van der Waals surface area contributed by atoms with Crippen LogP contribution in [-0.4, -0.2) is 25.5 Å². The number of hydrogen-bond donors (Lipinski definition) is 2. The van der Waals surface area contributed by atoms with E-state index >= 15 is 0 Å². The number of nitrogens with one attached hydrogen (secondary N) is 1. The highest BCUT2D eigenvalue weighted by molar-refractivity contribution is 5.98. The maximum Gasteiger partial charge on any atom is 0.305 e. The van der Waals surface area contributed by atoms with Gasteiger partial charge in [0.25, 0.3) is 5.91 Å². The van der Waals surface area contributed by atoms with E-state index in [0.29, 0.717) is 30.6 Å². The van der Waals surface area contributed by atoms with E-state index in [-0.39, 0.29) is 5.97 Å². The first-order valence-corrected chi connectivity index (χ1v) is 5.34. The Kier molecular flexibility index (Phi) is 5.00. The lowest BCUT2D eigenvalue weighted by atomic mass is 10.1. The van der Waals surface area contributed by atoms with E-state index in [0.717, 1.165) is 0 Å². The van der Waals surface area contributed by atoms with Gasteiger partial charge in [0, 0.05) is 18.7 Å². The molecular formula is C12H16N2O3. The molecule has 0 aliphatic heterocycles. The van der Waals surface area contributed by atoms with Crippen molar-refractivity contribution in [2.75, 3.05) is 19.0 Å². The van der Waals surface area contributed by atoms with Crippen molar-refractivity contribution >= 4 is 17.6 Å². The third-order valence-corrected chi connectivity index (χ3v) is 2.29. The topological polar surface area (TPSA) is 81.4 Å². The van der Waals surface area contributed by atoms with Gasteiger partial charge < -0.3 is 15.8 Å². The van der Waals surface area contributed by atoms with Crippen LogP contribution in [0.25, 0.3) is 0 Å². The summed E-state index contributed by atoms with van der Waals surface area (Å²) in [6, 6.07) is 7.00. The standard InChI is InChI=1S/C12H16N2O3/c1-17-11(15)7-4-8-14-10-6-3-2-5-9(10)12(13)16/h2-3,5-6,14H,4,7-8H2,1H3,(H2,13,16). The van der Waals surface area contributed by atoms with E-state index in [9.17, 15) is 9.59 Å². The maximum atomic E-state index is 11.1. The fourth-order valence-electron chi connectivity index (χ4n) is 1.41. The van der Waals surface area contributed by atoms with Gasteiger partial charge in [-0.05, 0) is 18.6 Å². The van der Waals surface area contributed by atoms with Crippen LogP contribution >= 0.6 is 0 Å². The summed E-state index contributed by atoms with van der Waals surface area (Å²) in [6.07, 6.45) is 0.988. The minimum Gasteiger partial charge on any atom is -0.469 e. The Bertz CT molecular complexity index is 404. The lowest BCUT2D eigenvalue weighted by molar-refractivity contribution is -0.140. The van der Waals surface area contributed by atoms with Gasteiger partial charge >= 0.3 is 5.97 Å². The van der Waals surface area contributed by atoms with Gasteiger partial charge in [-0.15, -0.1) is 0 Å². The molecule has 0 saturated heterocycles. The zero-order valence-corrected chi connectivity index (χ0v) is 9.73. The number of carbonyl (C=O) groups is 2. The molecule has 3 N–H and O–H groups in total. The number of benzene rings is 1. The summed E-state index contributed by atoms with van der Waals surface area (Å²) in [7, 11) is 1.36. The molecule has 0 fully saturated rings. The summed E-state index contributed by atoms with van der Waals surface area (Å²) in [6.45, 7) is 0.583. The highest BCUT2D eigenvalue weighted by Gasteiger charge is 2.06. The molecule has 1 aromatic rings. The van der Waals surface area contributed by atoms with E-state index in [4.69, 9.17) is 5.73 Å². The van der Waals surface area contributed by atoms with Crippen LogP contribution in [0.5, 0.6) is 0 Å². The van der Waals surface area contributed by atoms with Gasteiger partial charge in [0.1, 0.15) is 0 Å². The molecule has 0 aliphatic rings. The molecule has 0 saturated carbocycles. The van der Waals surface area contributed by atoms with E-state index < -0.39 is 5.91 Å². The molecule has 92 valence electrons. The Morgan fingerprint density at radius 1 is 1.35 bits per heavy atom. The molecule has 1 rings (SSSR count). The summed E-state index contributed by atoms with van der Waals surface area (Å²) < 4.78 is 4.52. The quantitative estimate of drug-likeness (QED) is 0.573. The number of nitrogens with two attached hydrogens (primary N) is 1. The molecule has 5 nitrogen and oxygen atoms in total. The average molecular weight is 236 g/mol. The van der Waals surface area contributed by atoms with Crippen LogP contribution in [0.4, 0.5) is 5.69 Å². The molecular weight excluding hydrogens is 220 g/mol. The molecule has 0 heterocycles. The summed E-state index contributed by atoms with van der Waals surface area (Å²) >= 11 is 0. The first-order chi connectivity index (χ1) is 8.15.